The Morgan fingerprint density at radius 1 is 1.09 bits per heavy atom. The summed E-state index contributed by atoms with van der Waals surface area (Å²) >= 11 is 0. The highest BCUT2D eigenvalue weighted by atomic mass is 16.5. The number of carbonyl (C=O) groups excluding carboxylic acids is 2. The second-order valence-corrected chi connectivity index (χ2v) is 7.65. The molecule has 0 radical (unpaired) electrons. The first-order chi connectivity index (χ1) is 15.5. The molecule has 3 aromatic carbocycles. The molecule has 0 unspecified atom stereocenters. The molecule has 3 aromatic rings. The van der Waals surface area contributed by atoms with Crippen molar-refractivity contribution in [1.29, 1.82) is 0 Å². The highest BCUT2D eigenvalue weighted by molar-refractivity contribution is 5.98. The molecule has 0 amide bonds. The lowest BCUT2D eigenvalue weighted by molar-refractivity contribution is -0.135. The monoisotopic (exact) mass is 432 g/mol. The van der Waals surface area contributed by atoms with Crippen molar-refractivity contribution in [3.05, 3.63) is 82.9 Å². The van der Waals surface area contributed by atoms with E-state index in [2.05, 4.69) is 0 Å². The molecule has 0 saturated heterocycles. The number of rotatable bonds is 7. The summed E-state index contributed by atoms with van der Waals surface area (Å²) in [6.45, 7) is 1.87. The van der Waals surface area contributed by atoms with Crippen molar-refractivity contribution in [3.63, 3.8) is 0 Å². The average molecular weight is 432 g/mol. The van der Waals surface area contributed by atoms with Crippen LogP contribution >= 0.6 is 0 Å². The second kappa shape index (κ2) is 9.14. The van der Waals surface area contributed by atoms with Crippen molar-refractivity contribution in [2.24, 2.45) is 0 Å². The van der Waals surface area contributed by atoms with Gasteiger partial charge < -0.3 is 19.3 Å². The third kappa shape index (κ3) is 4.30. The van der Waals surface area contributed by atoms with E-state index in [1.807, 2.05) is 36.4 Å². The van der Waals surface area contributed by atoms with Crippen LogP contribution in [0.15, 0.2) is 60.7 Å². The molecule has 32 heavy (non-hydrogen) atoms. The lowest BCUT2D eigenvalue weighted by atomic mass is 9.84. The molecule has 1 atom stereocenters. The second-order valence-electron chi connectivity index (χ2n) is 7.65. The van der Waals surface area contributed by atoms with Crippen LogP contribution in [0.3, 0.4) is 0 Å². The molecular formula is C26H24O6. The third-order valence-electron chi connectivity index (χ3n) is 5.58. The summed E-state index contributed by atoms with van der Waals surface area (Å²) < 4.78 is 16.8. The Hall–Kier alpha value is -3.80. The maximum absolute atomic E-state index is 12.2. The number of methoxy groups -OCH3 is 1. The van der Waals surface area contributed by atoms with Gasteiger partial charge in [-0.2, -0.15) is 0 Å². The van der Waals surface area contributed by atoms with Gasteiger partial charge >= 0.3 is 5.97 Å². The molecule has 1 aliphatic rings. The molecular weight excluding hydrogens is 408 g/mol. The lowest BCUT2D eigenvalue weighted by Crippen LogP contribution is -2.21. The van der Waals surface area contributed by atoms with E-state index in [0.29, 0.717) is 23.7 Å². The van der Waals surface area contributed by atoms with Crippen LogP contribution in [0.5, 0.6) is 23.0 Å². The minimum absolute atomic E-state index is 0.0410. The van der Waals surface area contributed by atoms with Gasteiger partial charge in [0.05, 0.1) is 25.7 Å². The topological polar surface area (TPSA) is 82.1 Å². The maximum atomic E-state index is 12.2. The third-order valence-corrected chi connectivity index (χ3v) is 5.58. The SMILES string of the molecule is COc1cc([C@@H]2CC(=O)Oc3ccc(C(C)=O)c(O)c32)ccc1OCCc1ccccc1. The number of phenols is 1. The van der Waals surface area contributed by atoms with E-state index in [1.54, 1.807) is 25.3 Å². The van der Waals surface area contributed by atoms with Crippen LogP contribution in [0.25, 0.3) is 0 Å². The number of phenolic OH excluding ortho intramolecular Hbond substituents is 1. The Balaban J connectivity index is 1.62. The number of ketones is 1. The van der Waals surface area contributed by atoms with E-state index in [0.717, 1.165) is 12.0 Å². The highest BCUT2D eigenvalue weighted by Crippen LogP contribution is 2.46. The fourth-order valence-electron chi connectivity index (χ4n) is 3.96. The summed E-state index contributed by atoms with van der Waals surface area (Å²) in [6.07, 6.45) is 0.800. The van der Waals surface area contributed by atoms with Gasteiger partial charge in [-0.25, -0.2) is 0 Å². The number of hydrogen-bond donors (Lipinski definition) is 1. The van der Waals surface area contributed by atoms with E-state index in [4.69, 9.17) is 14.2 Å². The van der Waals surface area contributed by atoms with Crippen LogP contribution in [0.4, 0.5) is 0 Å². The predicted octanol–water partition coefficient (Wildman–Crippen LogP) is 4.67. The fraction of sp³-hybridized carbons (Fsp3) is 0.231. The molecule has 1 aliphatic heterocycles. The molecule has 164 valence electrons. The van der Waals surface area contributed by atoms with Crippen molar-refractivity contribution in [1.82, 2.24) is 0 Å². The zero-order valence-corrected chi connectivity index (χ0v) is 18.0. The molecule has 0 fully saturated rings. The van der Waals surface area contributed by atoms with E-state index < -0.39 is 11.9 Å². The summed E-state index contributed by atoms with van der Waals surface area (Å²) in [4.78, 5) is 24.1. The van der Waals surface area contributed by atoms with Crippen molar-refractivity contribution < 1.29 is 28.9 Å². The van der Waals surface area contributed by atoms with Gasteiger partial charge in [0.2, 0.25) is 0 Å². The van der Waals surface area contributed by atoms with Gasteiger partial charge in [-0.05, 0) is 42.3 Å². The van der Waals surface area contributed by atoms with Crippen LogP contribution in [0.1, 0.15) is 46.3 Å². The number of aromatic hydroxyl groups is 1. The number of ether oxygens (including phenoxy) is 3. The molecule has 6 nitrogen and oxygen atoms in total. The summed E-state index contributed by atoms with van der Waals surface area (Å²) in [6, 6.07) is 18.5. The van der Waals surface area contributed by atoms with Crippen LogP contribution in [-0.4, -0.2) is 30.6 Å². The summed E-state index contributed by atoms with van der Waals surface area (Å²) in [5, 5.41) is 10.8. The Labute approximate surface area is 186 Å². The summed E-state index contributed by atoms with van der Waals surface area (Å²) in [5.41, 5.74) is 2.56. The standard InChI is InChI=1S/C26H24O6/c1-16(27)19-9-11-22-25(26(19)29)20(15-24(28)32-22)18-8-10-21(23(14-18)30-2)31-13-12-17-6-4-3-5-7-17/h3-11,14,20,29H,12-13,15H2,1-2H3/t20-/m0/s1. The van der Waals surface area contributed by atoms with Crippen molar-refractivity contribution in [2.75, 3.05) is 13.7 Å². The van der Waals surface area contributed by atoms with Gasteiger partial charge in [-0.1, -0.05) is 36.4 Å². The van der Waals surface area contributed by atoms with Crippen molar-refractivity contribution in [2.45, 2.75) is 25.7 Å². The largest absolute Gasteiger partial charge is 0.507 e. The first-order valence-corrected chi connectivity index (χ1v) is 10.4. The molecule has 6 heteroatoms. The number of esters is 1. The van der Waals surface area contributed by atoms with Crippen LogP contribution < -0.4 is 14.2 Å². The highest BCUT2D eigenvalue weighted by Gasteiger charge is 2.33. The molecule has 4 rings (SSSR count). The number of fused-ring (bicyclic) bond motifs is 1. The fourth-order valence-corrected chi connectivity index (χ4v) is 3.96. The normalized spacial score (nSPS) is 14.9. The number of hydrogen-bond acceptors (Lipinski definition) is 6. The Bertz CT molecular complexity index is 1150. The van der Waals surface area contributed by atoms with Gasteiger partial charge in [-0.3, -0.25) is 9.59 Å². The minimum atomic E-state index is -0.474. The van der Waals surface area contributed by atoms with Crippen LogP contribution in [0, 0.1) is 0 Å². The van der Waals surface area contributed by atoms with E-state index in [9.17, 15) is 14.7 Å². The number of carbonyl (C=O) groups is 2. The molecule has 0 bridgehead atoms. The average Bonchev–Trinajstić information content (AvgIpc) is 2.79. The van der Waals surface area contributed by atoms with Gasteiger partial charge in [-0.15, -0.1) is 0 Å². The molecule has 1 N–H and O–H groups in total. The molecule has 0 saturated carbocycles. The number of benzene rings is 3. The van der Waals surface area contributed by atoms with Gasteiger partial charge in [0.1, 0.15) is 11.5 Å². The Kier molecular flexibility index (Phi) is 6.12. The van der Waals surface area contributed by atoms with E-state index >= 15 is 0 Å². The number of Topliss-reactive ketones (excluding diaryl/α,β-unsaturated/α-hetero) is 1. The zero-order chi connectivity index (χ0) is 22.7. The predicted molar refractivity (Wildman–Crippen MR) is 119 cm³/mol. The van der Waals surface area contributed by atoms with Crippen LogP contribution in [-0.2, 0) is 11.2 Å². The maximum Gasteiger partial charge on any atom is 0.312 e. The Morgan fingerprint density at radius 2 is 1.88 bits per heavy atom. The Morgan fingerprint density at radius 3 is 2.59 bits per heavy atom. The molecule has 0 aromatic heterocycles. The quantitative estimate of drug-likeness (QED) is 0.332. The first-order valence-electron chi connectivity index (χ1n) is 10.4. The first kappa shape index (κ1) is 21.4. The van der Waals surface area contributed by atoms with Crippen molar-refractivity contribution >= 4 is 11.8 Å². The van der Waals surface area contributed by atoms with E-state index in [-0.39, 0.29) is 29.3 Å². The van der Waals surface area contributed by atoms with Crippen LogP contribution in [0.2, 0.25) is 0 Å². The van der Waals surface area contributed by atoms with Gasteiger partial charge in [0.25, 0.3) is 0 Å². The zero-order valence-electron chi connectivity index (χ0n) is 18.0. The summed E-state index contributed by atoms with van der Waals surface area (Å²) in [5.74, 6) is 0.0782. The smallest absolute Gasteiger partial charge is 0.312 e. The molecule has 1 heterocycles. The van der Waals surface area contributed by atoms with Gasteiger partial charge in [0, 0.05) is 17.9 Å². The van der Waals surface area contributed by atoms with E-state index in [1.165, 1.54) is 18.6 Å². The van der Waals surface area contributed by atoms with Crippen molar-refractivity contribution in [3.8, 4) is 23.0 Å². The molecule has 0 aliphatic carbocycles. The lowest BCUT2D eigenvalue weighted by Gasteiger charge is -2.27. The minimum Gasteiger partial charge on any atom is -0.507 e. The van der Waals surface area contributed by atoms with Gasteiger partial charge in [0.15, 0.2) is 17.3 Å². The summed E-state index contributed by atoms with van der Waals surface area (Å²) in [7, 11) is 1.55. The molecule has 0 spiro atoms.